The Bertz CT molecular complexity index is 1040. The van der Waals surface area contributed by atoms with Crippen LogP contribution in [-0.4, -0.2) is 40.7 Å². The van der Waals surface area contributed by atoms with E-state index in [1.807, 2.05) is 65.6 Å². The molecule has 32 heavy (non-hydrogen) atoms. The number of nitrogens with two attached hydrogens (primary N) is 1. The Kier molecular flexibility index (Phi) is 7.72. The molecule has 4 N–H and O–H groups in total. The fraction of sp³-hybridized carbons (Fsp3) is 0.160. The molecule has 0 aliphatic carbocycles. The van der Waals surface area contributed by atoms with Crippen molar-refractivity contribution in [2.45, 2.75) is 13.1 Å². The van der Waals surface area contributed by atoms with Gasteiger partial charge in [-0.05, 0) is 29.3 Å². The lowest BCUT2D eigenvalue weighted by Crippen LogP contribution is -2.38. The van der Waals surface area contributed by atoms with Gasteiger partial charge < -0.3 is 16.2 Å². The fourth-order valence-electron chi connectivity index (χ4n) is 3.30. The molecule has 0 fully saturated rings. The molecule has 0 heterocycles. The molecule has 0 radical (unpaired) electrons. The van der Waals surface area contributed by atoms with E-state index in [9.17, 15) is 19.5 Å². The van der Waals surface area contributed by atoms with Gasteiger partial charge in [0.1, 0.15) is 5.75 Å². The number of primary amides is 1. The number of benzene rings is 3. The zero-order chi connectivity index (χ0) is 22.9. The summed E-state index contributed by atoms with van der Waals surface area (Å²) in [4.78, 5) is 38.4. The summed E-state index contributed by atoms with van der Waals surface area (Å²) in [7, 11) is 0. The van der Waals surface area contributed by atoms with Gasteiger partial charge in [0.2, 0.25) is 5.91 Å². The maximum Gasteiger partial charge on any atom is 0.252 e. The molecule has 0 aliphatic rings. The van der Waals surface area contributed by atoms with Crippen LogP contribution in [0.25, 0.3) is 0 Å². The van der Waals surface area contributed by atoms with E-state index in [0.717, 1.165) is 11.1 Å². The topological polar surface area (TPSA) is 113 Å². The predicted octanol–water partition coefficient (Wildman–Crippen LogP) is 2.49. The van der Waals surface area contributed by atoms with Crippen LogP contribution < -0.4 is 11.1 Å². The first-order chi connectivity index (χ1) is 15.4. The first-order valence-electron chi connectivity index (χ1n) is 10.2. The predicted molar refractivity (Wildman–Crippen MR) is 121 cm³/mol. The number of phenols is 1. The Balaban J connectivity index is 1.62. The van der Waals surface area contributed by atoms with Gasteiger partial charge in [-0.1, -0.05) is 60.7 Å². The minimum Gasteiger partial charge on any atom is -0.507 e. The van der Waals surface area contributed by atoms with Crippen molar-refractivity contribution in [2.75, 3.05) is 13.1 Å². The number of nitrogens with one attached hydrogen (secondary N) is 1. The van der Waals surface area contributed by atoms with E-state index in [-0.39, 0.29) is 35.9 Å². The van der Waals surface area contributed by atoms with Crippen molar-refractivity contribution in [1.29, 1.82) is 0 Å². The molecular weight excluding hydrogens is 406 g/mol. The highest BCUT2D eigenvalue weighted by Gasteiger charge is 2.16. The lowest BCUT2D eigenvalue weighted by Gasteiger charge is -2.22. The Labute approximate surface area is 186 Å². The highest BCUT2D eigenvalue weighted by molar-refractivity contribution is 6.03. The van der Waals surface area contributed by atoms with Crippen LogP contribution in [0, 0.1) is 0 Å². The fourth-order valence-corrected chi connectivity index (χ4v) is 3.30. The number of ketones is 1. The maximum atomic E-state index is 12.6. The second-order valence-corrected chi connectivity index (χ2v) is 7.41. The molecule has 0 bridgehead atoms. The first kappa shape index (κ1) is 22.7. The Morgan fingerprint density at radius 3 is 1.94 bits per heavy atom. The smallest absolute Gasteiger partial charge is 0.252 e. The number of rotatable bonds is 10. The third kappa shape index (κ3) is 6.52. The quantitative estimate of drug-likeness (QED) is 0.427. The van der Waals surface area contributed by atoms with E-state index in [2.05, 4.69) is 5.32 Å². The zero-order valence-electron chi connectivity index (χ0n) is 17.5. The van der Waals surface area contributed by atoms with Crippen molar-refractivity contribution in [3.63, 3.8) is 0 Å². The molecule has 3 rings (SSSR count). The van der Waals surface area contributed by atoms with Gasteiger partial charge in [0.05, 0.1) is 18.7 Å². The molecule has 0 atom stereocenters. The van der Waals surface area contributed by atoms with Gasteiger partial charge in [0.25, 0.3) is 5.91 Å². The van der Waals surface area contributed by atoms with Gasteiger partial charge in [-0.25, -0.2) is 0 Å². The van der Waals surface area contributed by atoms with Gasteiger partial charge in [-0.15, -0.1) is 0 Å². The monoisotopic (exact) mass is 431 g/mol. The number of carbonyl (C=O) groups excluding carboxylic acids is 3. The third-order valence-electron chi connectivity index (χ3n) is 4.90. The van der Waals surface area contributed by atoms with Crippen LogP contribution in [-0.2, 0) is 17.9 Å². The van der Waals surface area contributed by atoms with Gasteiger partial charge in [0, 0.05) is 18.7 Å². The molecule has 2 amide bonds. The van der Waals surface area contributed by atoms with Crippen molar-refractivity contribution in [3.05, 3.63) is 101 Å². The van der Waals surface area contributed by atoms with E-state index < -0.39 is 11.7 Å². The molecule has 0 spiro atoms. The molecule has 0 saturated carbocycles. The van der Waals surface area contributed by atoms with Crippen LogP contribution in [0.3, 0.4) is 0 Å². The largest absolute Gasteiger partial charge is 0.507 e. The SMILES string of the molecule is NC(=O)c1cc(C(=O)CNC(=O)CN(Cc2ccccc2)Cc2ccccc2)ccc1O. The van der Waals surface area contributed by atoms with Crippen LogP contribution >= 0.6 is 0 Å². The van der Waals surface area contributed by atoms with Crippen molar-refractivity contribution >= 4 is 17.6 Å². The van der Waals surface area contributed by atoms with Crippen LogP contribution in [0.1, 0.15) is 31.8 Å². The van der Waals surface area contributed by atoms with Crippen molar-refractivity contribution in [3.8, 4) is 5.75 Å². The molecule has 164 valence electrons. The van der Waals surface area contributed by atoms with Crippen LogP contribution in [0.5, 0.6) is 5.75 Å². The van der Waals surface area contributed by atoms with Crippen LogP contribution in [0.4, 0.5) is 0 Å². The van der Waals surface area contributed by atoms with Gasteiger partial charge in [-0.3, -0.25) is 19.3 Å². The summed E-state index contributed by atoms with van der Waals surface area (Å²) >= 11 is 0. The van der Waals surface area contributed by atoms with Crippen LogP contribution in [0.15, 0.2) is 78.9 Å². The molecule has 7 nitrogen and oxygen atoms in total. The summed E-state index contributed by atoms with van der Waals surface area (Å²) in [6, 6.07) is 23.5. The number of amides is 2. The number of hydrogen-bond acceptors (Lipinski definition) is 5. The minimum atomic E-state index is -0.835. The van der Waals surface area contributed by atoms with Crippen LogP contribution in [0.2, 0.25) is 0 Å². The number of nitrogens with zero attached hydrogens (tertiary/aromatic N) is 1. The average Bonchev–Trinajstić information content (AvgIpc) is 2.79. The summed E-state index contributed by atoms with van der Waals surface area (Å²) < 4.78 is 0. The normalized spacial score (nSPS) is 10.7. The molecule has 0 aliphatic heterocycles. The molecule has 0 unspecified atom stereocenters. The molecule has 7 heteroatoms. The van der Waals surface area contributed by atoms with Crippen molar-refractivity contribution in [1.82, 2.24) is 10.2 Å². The van der Waals surface area contributed by atoms with Crippen molar-refractivity contribution in [2.24, 2.45) is 5.73 Å². The number of hydrogen-bond donors (Lipinski definition) is 3. The summed E-state index contributed by atoms with van der Waals surface area (Å²) in [5.41, 5.74) is 7.40. The zero-order valence-corrected chi connectivity index (χ0v) is 17.5. The Morgan fingerprint density at radius 1 is 0.844 bits per heavy atom. The Morgan fingerprint density at radius 2 is 1.41 bits per heavy atom. The molecule has 0 aromatic heterocycles. The standard InChI is InChI=1S/C25H25N3O4/c26-25(32)21-13-20(11-12-22(21)29)23(30)14-27-24(31)17-28(15-18-7-3-1-4-8-18)16-19-9-5-2-6-10-19/h1-13,29H,14-17H2,(H2,26,32)(H,27,31). The van der Waals surface area contributed by atoms with E-state index in [1.54, 1.807) is 0 Å². The van der Waals surface area contributed by atoms with Gasteiger partial charge in [-0.2, -0.15) is 0 Å². The minimum absolute atomic E-state index is 0.110. The molecule has 3 aromatic carbocycles. The van der Waals surface area contributed by atoms with E-state index in [4.69, 9.17) is 5.73 Å². The van der Waals surface area contributed by atoms with Gasteiger partial charge >= 0.3 is 0 Å². The number of Topliss-reactive ketones (excluding diaryl/α,β-unsaturated/α-hetero) is 1. The lowest BCUT2D eigenvalue weighted by molar-refractivity contribution is -0.122. The molecular formula is C25H25N3O4. The lowest BCUT2D eigenvalue weighted by atomic mass is 10.1. The summed E-state index contributed by atoms with van der Waals surface area (Å²) in [6.45, 7) is 1.04. The second kappa shape index (κ2) is 10.9. The van der Waals surface area contributed by atoms with E-state index in [0.29, 0.717) is 13.1 Å². The number of aromatic hydroxyl groups is 1. The molecule has 0 saturated heterocycles. The summed E-state index contributed by atoms with van der Waals surface area (Å²) in [5.74, 6) is -1.81. The highest BCUT2D eigenvalue weighted by Crippen LogP contribution is 2.18. The Hall–Kier alpha value is -3.97. The summed E-state index contributed by atoms with van der Waals surface area (Å²) in [5, 5.41) is 12.3. The second-order valence-electron chi connectivity index (χ2n) is 7.41. The maximum absolute atomic E-state index is 12.6. The average molecular weight is 431 g/mol. The van der Waals surface area contributed by atoms with Gasteiger partial charge in [0.15, 0.2) is 5.78 Å². The highest BCUT2D eigenvalue weighted by atomic mass is 16.3. The molecule has 3 aromatic rings. The van der Waals surface area contributed by atoms with Crippen molar-refractivity contribution < 1.29 is 19.5 Å². The van der Waals surface area contributed by atoms with E-state index in [1.165, 1.54) is 18.2 Å². The third-order valence-corrected chi connectivity index (χ3v) is 4.90. The summed E-state index contributed by atoms with van der Waals surface area (Å²) in [6.07, 6.45) is 0. The first-order valence-corrected chi connectivity index (χ1v) is 10.2. The number of carbonyl (C=O) groups is 3. The van der Waals surface area contributed by atoms with E-state index >= 15 is 0 Å².